The van der Waals surface area contributed by atoms with Gasteiger partial charge >= 0.3 is 10.2 Å². The molecule has 3 aliphatic rings. The Morgan fingerprint density at radius 1 is 1.46 bits per heavy atom. The van der Waals surface area contributed by atoms with E-state index in [1.54, 1.807) is 0 Å². The van der Waals surface area contributed by atoms with Gasteiger partial charge in [-0.15, -0.1) is 0 Å². The molecule has 3 rings (SSSR count). The summed E-state index contributed by atoms with van der Waals surface area (Å²) in [6, 6.07) is -1.26. The molecular weight excluding hydrogens is 363 g/mol. The van der Waals surface area contributed by atoms with Crippen molar-refractivity contribution < 1.29 is 22.7 Å². The second-order valence-electron chi connectivity index (χ2n) is 7.52. The summed E-state index contributed by atoms with van der Waals surface area (Å²) >= 11 is 0. The van der Waals surface area contributed by atoms with Crippen molar-refractivity contribution >= 4 is 22.0 Å². The molecule has 0 radical (unpaired) electrons. The Kier molecular flexibility index (Phi) is 5.55. The number of rotatable bonds is 4. The number of amidine groups is 1. The van der Waals surface area contributed by atoms with Crippen LogP contribution in [0.1, 0.15) is 39.0 Å². The number of nitrogens with zero attached hydrogens (tertiary/aromatic N) is 2. The molecule has 0 spiro atoms. The SMILES string of the molecule is CCCCC(=N)N1CCC2CC(O)C(N3CC(=O)NS3(=O)=O)C(F)C2C1. The van der Waals surface area contributed by atoms with Crippen LogP contribution < -0.4 is 4.72 Å². The molecule has 0 aromatic carbocycles. The fourth-order valence-corrected chi connectivity index (χ4v) is 5.76. The predicted octanol–water partition coefficient (Wildman–Crippen LogP) is 0.240. The average molecular weight is 390 g/mol. The van der Waals surface area contributed by atoms with Gasteiger partial charge in [0.15, 0.2) is 0 Å². The van der Waals surface area contributed by atoms with Crippen LogP contribution in [0.5, 0.6) is 0 Å². The molecule has 1 aliphatic carbocycles. The zero-order valence-electron chi connectivity index (χ0n) is 14.9. The van der Waals surface area contributed by atoms with E-state index in [0.717, 1.165) is 17.1 Å². The van der Waals surface area contributed by atoms with Crippen molar-refractivity contribution in [2.45, 2.75) is 57.3 Å². The monoisotopic (exact) mass is 390 g/mol. The second-order valence-corrected chi connectivity index (χ2v) is 9.15. The molecular formula is C16H27FN4O4S. The minimum absolute atomic E-state index is 0.0413. The maximum atomic E-state index is 15.3. The van der Waals surface area contributed by atoms with Crippen LogP contribution >= 0.6 is 0 Å². The lowest BCUT2D eigenvalue weighted by Gasteiger charge is -2.49. The highest BCUT2D eigenvalue weighted by molar-refractivity contribution is 7.88. The van der Waals surface area contributed by atoms with Crippen LogP contribution in [-0.4, -0.2) is 72.4 Å². The van der Waals surface area contributed by atoms with Gasteiger partial charge in [-0.1, -0.05) is 13.3 Å². The van der Waals surface area contributed by atoms with E-state index >= 15 is 4.39 Å². The fourth-order valence-electron chi connectivity index (χ4n) is 4.42. The maximum Gasteiger partial charge on any atom is 0.304 e. The van der Waals surface area contributed by atoms with Crippen molar-refractivity contribution in [1.29, 1.82) is 5.41 Å². The lowest BCUT2D eigenvalue weighted by atomic mass is 9.70. The van der Waals surface area contributed by atoms with Crippen LogP contribution in [0.15, 0.2) is 0 Å². The topological polar surface area (TPSA) is 114 Å². The van der Waals surface area contributed by atoms with Gasteiger partial charge in [0, 0.05) is 25.4 Å². The van der Waals surface area contributed by atoms with Crippen LogP contribution in [0.25, 0.3) is 0 Å². The quantitative estimate of drug-likeness (QED) is 0.470. The van der Waals surface area contributed by atoms with Gasteiger partial charge in [-0.25, -0.2) is 9.11 Å². The standard InChI is InChI=1S/C16H27FN4O4S/c1-2-3-4-13(18)20-6-5-10-7-12(22)16(15(17)11(10)8-20)21-9-14(23)19-26(21,24)25/h10-12,15-16,18,22H,2-9H2,1H3,(H,19,23). The summed E-state index contributed by atoms with van der Waals surface area (Å²) in [5, 5.41) is 18.6. The molecule has 2 heterocycles. The van der Waals surface area contributed by atoms with Gasteiger partial charge in [-0.2, -0.15) is 12.7 Å². The summed E-state index contributed by atoms with van der Waals surface area (Å²) in [5.74, 6) is -0.714. The first-order chi connectivity index (χ1) is 12.2. The van der Waals surface area contributed by atoms with E-state index < -0.39 is 46.9 Å². The van der Waals surface area contributed by atoms with Crippen molar-refractivity contribution in [3.63, 3.8) is 0 Å². The van der Waals surface area contributed by atoms with E-state index in [0.29, 0.717) is 38.2 Å². The normalized spacial score (nSPS) is 37.3. The van der Waals surface area contributed by atoms with Crippen LogP contribution in [0, 0.1) is 17.2 Å². The molecule has 3 N–H and O–H groups in total. The molecule has 5 atom stereocenters. The zero-order valence-corrected chi connectivity index (χ0v) is 15.7. The maximum absolute atomic E-state index is 15.3. The summed E-state index contributed by atoms with van der Waals surface area (Å²) in [4.78, 5) is 13.4. The Balaban J connectivity index is 1.76. The van der Waals surface area contributed by atoms with Crippen LogP contribution in [0.2, 0.25) is 0 Å². The van der Waals surface area contributed by atoms with E-state index in [9.17, 15) is 18.3 Å². The van der Waals surface area contributed by atoms with E-state index in [4.69, 9.17) is 5.41 Å². The van der Waals surface area contributed by atoms with Gasteiger partial charge in [-0.3, -0.25) is 10.2 Å². The highest BCUT2D eigenvalue weighted by atomic mass is 32.2. The van der Waals surface area contributed by atoms with Gasteiger partial charge in [0.05, 0.1) is 24.5 Å². The van der Waals surface area contributed by atoms with Gasteiger partial charge < -0.3 is 10.0 Å². The molecule has 10 heteroatoms. The molecule has 3 fully saturated rings. The minimum atomic E-state index is -4.10. The van der Waals surface area contributed by atoms with Gasteiger partial charge in [0.25, 0.3) is 0 Å². The molecule has 0 aromatic heterocycles. The summed E-state index contributed by atoms with van der Waals surface area (Å²) in [7, 11) is -4.10. The van der Waals surface area contributed by atoms with Crippen molar-refractivity contribution in [1.82, 2.24) is 13.9 Å². The first kappa shape index (κ1) is 19.5. The third-order valence-electron chi connectivity index (χ3n) is 5.81. The van der Waals surface area contributed by atoms with Crippen LogP contribution in [0.3, 0.4) is 0 Å². The number of likely N-dealkylation sites (tertiary alicyclic amines) is 1. The summed E-state index contributed by atoms with van der Waals surface area (Å²) < 4.78 is 42.1. The lowest BCUT2D eigenvalue weighted by molar-refractivity contribution is -0.119. The van der Waals surface area contributed by atoms with Crippen molar-refractivity contribution in [2.24, 2.45) is 11.8 Å². The highest BCUT2D eigenvalue weighted by Crippen LogP contribution is 2.41. The third-order valence-corrected chi connectivity index (χ3v) is 7.29. The number of nitrogens with one attached hydrogen (secondary N) is 2. The molecule has 0 bridgehead atoms. The zero-order chi connectivity index (χ0) is 19.1. The summed E-state index contributed by atoms with van der Waals surface area (Å²) in [5.41, 5.74) is 0. The number of aliphatic hydroxyl groups excluding tert-OH is 1. The fraction of sp³-hybridized carbons (Fsp3) is 0.875. The lowest BCUT2D eigenvalue weighted by Crippen LogP contribution is -2.61. The van der Waals surface area contributed by atoms with Gasteiger partial charge in [0.1, 0.15) is 6.17 Å². The Hall–Kier alpha value is -1.26. The van der Waals surface area contributed by atoms with E-state index in [2.05, 4.69) is 6.92 Å². The molecule has 5 unspecified atom stereocenters. The first-order valence-corrected chi connectivity index (χ1v) is 10.7. The average Bonchev–Trinajstić information content (AvgIpc) is 2.84. The number of hydrogen-bond donors (Lipinski definition) is 3. The first-order valence-electron chi connectivity index (χ1n) is 9.21. The molecule has 0 aromatic rings. The number of aliphatic hydroxyl groups is 1. The number of carbonyl (C=O) groups excluding carboxylic acids is 1. The van der Waals surface area contributed by atoms with Gasteiger partial charge in [0.2, 0.25) is 5.91 Å². The summed E-state index contributed by atoms with van der Waals surface area (Å²) in [6.07, 6.45) is 0.808. The number of unbranched alkanes of at least 4 members (excludes halogenated alkanes) is 1. The highest BCUT2D eigenvalue weighted by Gasteiger charge is 2.53. The smallest absolute Gasteiger partial charge is 0.304 e. The number of halogens is 1. The molecule has 8 nitrogen and oxygen atoms in total. The van der Waals surface area contributed by atoms with Crippen molar-refractivity contribution in [3.8, 4) is 0 Å². The number of alkyl halides is 1. The summed E-state index contributed by atoms with van der Waals surface area (Å²) in [6.45, 7) is 2.61. The number of carbonyl (C=O) groups is 1. The van der Waals surface area contributed by atoms with Crippen molar-refractivity contribution in [2.75, 3.05) is 19.6 Å². The Morgan fingerprint density at radius 2 is 2.19 bits per heavy atom. The molecule has 2 saturated heterocycles. The number of hydrogen-bond acceptors (Lipinski definition) is 5. The van der Waals surface area contributed by atoms with E-state index in [1.165, 1.54) is 0 Å². The minimum Gasteiger partial charge on any atom is -0.391 e. The van der Waals surface area contributed by atoms with Crippen LogP contribution in [0.4, 0.5) is 4.39 Å². The number of amides is 1. The Labute approximate surface area is 153 Å². The molecule has 2 aliphatic heterocycles. The van der Waals surface area contributed by atoms with E-state index in [-0.39, 0.29) is 5.92 Å². The second kappa shape index (κ2) is 7.40. The molecule has 1 amide bonds. The molecule has 148 valence electrons. The van der Waals surface area contributed by atoms with Crippen LogP contribution in [-0.2, 0) is 15.0 Å². The molecule has 26 heavy (non-hydrogen) atoms. The Morgan fingerprint density at radius 3 is 2.81 bits per heavy atom. The third kappa shape index (κ3) is 3.59. The predicted molar refractivity (Wildman–Crippen MR) is 93.5 cm³/mol. The van der Waals surface area contributed by atoms with E-state index in [1.807, 2.05) is 9.62 Å². The Bertz CT molecular complexity index is 673. The van der Waals surface area contributed by atoms with Crippen molar-refractivity contribution in [3.05, 3.63) is 0 Å². The molecule has 1 saturated carbocycles. The van der Waals surface area contributed by atoms with Gasteiger partial charge in [-0.05, 0) is 25.2 Å². The number of fused-ring (bicyclic) bond motifs is 1. The largest absolute Gasteiger partial charge is 0.391 e. The number of piperidine rings is 1.